The fraction of sp³-hybridized carbons (Fsp3) is 0.500. The van der Waals surface area contributed by atoms with Gasteiger partial charge in [-0.3, -0.25) is 9.59 Å². The summed E-state index contributed by atoms with van der Waals surface area (Å²) in [7, 11) is -2.72. The van der Waals surface area contributed by atoms with Crippen molar-refractivity contribution < 1.29 is 22.7 Å². The van der Waals surface area contributed by atoms with Crippen molar-refractivity contribution in [2.45, 2.75) is 43.4 Å². The summed E-state index contributed by atoms with van der Waals surface area (Å²) in [4.78, 5) is 24.7. The summed E-state index contributed by atoms with van der Waals surface area (Å²) in [6.45, 7) is 1.79. The molecule has 7 heteroatoms. The number of aryl methyl sites for hydroxylation is 2. The third-order valence-electron chi connectivity index (χ3n) is 4.50. The molecule has 0 spiro atoms. The fourth-order valence-corrected chi connectivity index (χ4v) is 4.67. The Labute approximate surface area is 135 Å². The number of rotatable bonds is 2. The van der Waals surface area contributed by atoms with Crippen LogP contribution in [0, 0.1) is 0 Å². The molecule has 0 saturated carbocycles. The highest BCUT2D eigenvalue weighted by Gasteiger charge is 2.45. The van der Waals surface area contributed by atoms with Crippen molar-refractivity contribution in [2.75, 3.05) is 13.7 Å². The molecule has 0 N–H and O–H groups in total. The van der Waals surface area contributed by atoms with E-state index in [-0.39, 0.29) is 17.1 Å². The van der Waals surface area contributed by atoms with E-state index in [9.17, 15) is 18.0 Å². The second-order valence-electron chi connectivity index (χ2n) is 5.86. The summed E-state index contributed by atoms with van der Waals surface area (Å²) in [5.41, 5.74) is 2.27. The number of esters is 1. The lowest BCUT2D eigenvalue weighted by Crippen LogP contribution is -2.45. The van der Waals surface area contributed by atoms with E-state index in [0.29, 0.717) is 4.31 Å². The van der Waals surface area contributed by atoms with Crippen LogP contribution in [0.15, 0.2) is 17.0 Å². The van der Waals surface area contributed by atoms with Gasteiger partial charge in [-0.25, -0.2) is 12.7 Å². The smallest absolute Gasteiger partial charge is 0.323 e. The Hall–Kier alpha value is -1.89. The molecule has 0 fully saturated rings. The number of hydrogen-bond donors (Lipinski definition) is 0. The maximum Gasteiger partial charge on any atom is 0.323 e. The first-order chi connectivity index (χ1) is 10.9. The van der Waals surface area contributed by atoms with E-state index >= 15 is 0 Å². The lowest BCUT2D eigenvalue weighted by atomic mass is 9.87. The lowest BCUT2D eigenvalue weighted by Gasteiger charge is -2.31. The summed E-state index contributed by atoms with van der Waals surface area (Å²) in [6, 6.07) is 3.35. The van der Waals surface area contributed by atoms with Gasteiger partial charge >= 0.3 is 5.97 Å². The molecular formula is C16H19NO5S. The van der Waals surface area contributed by atoms with Gasteiger partial charge in [0.05, 0.1) is 11.5 Å². The van der Waals surface area contributed by atoms with Crippen molar-refractivity contribution in [3.05, 3.63) is 28.8 Å². The van der Waals surface area contributed by atoms with Gasteiger partial charge in [-0.1, -0.05) is 6.07 Å². The van der Waals surface area contributed by atoms with Gasteiger partial charge in [-0.05, 0) is 55.4 Å². The van der Waals surface area contributed by atoms with Crippen LogP contribution in [0.3, 0.4) is 0 Å². The summed E-state index contributed by atoms with van der Waals surface area (Å²) >= 11 is 0. The van der Waals surface area contributed by atoms with Crippen molar-refractivity contribution >= 4 is 21.9 Å². The molecule has 1 aromatic carbocycles. The van der Waals surface area contributed by atoms with E-state index in [1.165, 1.54) is 7.05 Å². The van der Waals surface area contributed by atoms with Crippen LogP contribution >= 0.6 is 0 Å². The molecule has 0 aromatic heterocycles. The summed E-state index contributed by atoms with van der Waals surface area (Å²) < 4.78 is 30.8. The molecule has 124 valence electrons. The van der Waals surface area contributed by atoms with Crippen LogP contribution in [0.25, 0.3) is 0 Å². The minimum Gasteiger partial charge on any atom is -0.465 e. The highest BCUT2D eigenvalue weighted by atomic mass is 32.2. The average Bonchev–Trinajstić information content (AvgIpc) is 2.52. The van der Waals surface area contributed by atoms with Crippen molar-refractivity contribution in [3.63, 3.8) is 0 Å². The minimum absolute atomic E-state index is 0.0540. The van der Waals surface area contributed by atoms with E-state index < -0.39 is 27.8 Å². The predicted octanol–water partition coefficient (Wildman–Crippen LogP) is 1.37. The quantitative estimate of drug-likeness (QED) is 0.601. The second-order valence-corrected chi connectivity index (χ2v) is 7.80. The van der Waals surface area contributed by atoms with Crippen LogP contribution in [0.4, 0.5) is 0 Å². The summed E-state index contributed by atoms with van der Waals surface area (Å²) in [6.07, 6.45) is 3.69. The van der Waals surface area contributed by atoms with Crippen LogP contribution in [0.2, 0.25) is 0 Å². The zero-order valence-electron chi connectivity index (χ0n) is 13.2. The number of amides is 1. The molecule has 1 unspecified atom stereocenters. The van der Waals surface area contributed by atoms with E-state index in [1.54, 1.807) is 19.1 Å². The van der Waals surface area contributed by atoms with Gasteiger partial charge in [0, 0.05) is 7.05 Å². The molecule has 3 rings (SSSR count). The molecular weight excluding hydrogens is 318 g/mol. The molecule has 2 aliphatic rings. The van der Waals surface area contributed by atoms with Gasteiger partial charge in [0.2, 0.25) is 0 Å². The first-order valence-corrected chi connectivity index (χ1v) is 9.17. The number of sulfonamides is 1. The maximum absolute atomic E-state index is 12.6. The highest BCUT2D eigenvalue weighted by molar-refractivity contribution is 7.89. The molecule has 1 aromatic rings. The van der Waals surface area contributed by atoms with Gasteiger partial charge < -0.3 is 4.74 Å². The topological polar surface area (TPSA) is 80.8 Å². The Morgan fingerprint density at radius 3 is 2.48 bits per heavy atom. The molecule has 0 bridgehead atoms. The second kappa shape index (κ2) is 5.63. The van der Waals surface area contributed by atoms with Crippen LogP contribution in [-0.2, 0) is 37.2 Å². The molecule has 1 aliphatic carbocycles. The Kier molecular flexibility index (Phi) is 3.91. The molecule has 0 radical (unpaired) electrons. The van der Waals surface area contributed by atoms with Crippen LogP contribution in [0.1, 0.15) is 42.4 Å². The van der Waals surface area contributed by atoms with E-state index in [0.717, 1.165) is 36.8 Å². The summed E-state index contributed by atoms with van der Waals surface area (Å²) in [5, 5.41) is 0. The number of carbonyl (C=O) groups is 2. The highest BCUT2D eigenvalue weighted by Crippen LogP contribution is 2.38. The average molecular weight is 337 g/mol. The Morgan fingerprint density at radius 2 is 1.87 bits per heavy atom. The minimum atomic E-state index is -3.91. The molecule has 1 heterocycles. The van der Waals surface area contributed by atoms with Crippen molar-refractivity contribution in [1.82, 2.24) is 4.31 Å². The predicted molar refractivity (Wildman–Crippen MR) is 82.4 cm³/mol. The van der Waals surface area contributed by atoms with Crippen LogP contribution in [-0.4, -0.2) is 38.3 Å². The van der Waals surface area contributed by atoms with E-state index in [4.69, 9.17) is 4.74 Å². The van der Waals surface area contributed by atoms with Crippen LogP contribution in [0.5, 0.6) is 0 Å². The third kappa shape index (κ3) is 2.43. The Bertz CT molecular complexity index is 784. The van der Waals surface area contributed by atoms with Gasteiger partial charge in [0.25, 0.3) is 15.9 Å². The largest absolute Gasteiger partial charge is 0.465 e. The normalized spacial score (nSPS) is 22.3. The molecule has 1 atom stereocenters. The number of carbonyl (C=O) groups excluding carboxylic acids is 2. The molecule has 6 nitrogen and oxygen atoms in total. The van der Waals surface area contributed by atoms with Gasteiger partial charge in [-0.2, -0.15) is 0 Å². The van der Waals surface area contributed by atoms with Gasteiger partial charge in [-0.15, -0.1) is 0 Å². The van der Waals surface area contributed by atoms with Crippen LogP contribution < -0.4 is 0 Å². The van der Waals surface area contributed by atoms with Crippen molar-refractivity contribution in [1.29, 1.82) is 0 Å². The molecule has 1 amide bonds. The number of fused-ring (bicyclic) bond motifs is 2. The Morgan fingerprint density at radius 1 is 1.26 bits per heavy atom. The first kappa shape index (κ1) is 16.0. The first-order valence-electron chi connectivity index (χ1n) is 7.73. The Balaban J connectivity index is 2.23. The number of nitrogens with zero attached hydrogens (tertiary/aromatic N) is 1. The number of ether oxygens (including phenoxy) is 1. The van der Waals surface area contributed by atoms with Gasteiger partial charge in [0.15, 0.2) is 5.92 Å². The third-order valence-corrected chi connectivity index (χ3v) is 6.31. The number of likely N-dealkylation sites (N-methyl/N-ethyl adjacent to an activating group) is 1. The van der Waals surface area contributed by atoms with E-state index in [1.807, 2.05) is 0 Å². The standard InChI is InChI=1S/C16H19NO5S/c1-3-22-16(19)14-12-8-10-6-4-5-7-11(10)9-13(12)23(20,21)17(2)15(14)18/h8-9,14H,3-7H2,1-2H3. The molecule has 0 saturated heterocycles. The fourth-order valence-electron chi connectivity index (χ4n) is 3.27. The zero-order chi connectivity index (χ0) is 16.8. The zero-order valence-corrected chi connectivity index (χ0v) is 14.0. The lowest BCUT2D eigenvalue weighted by molar-refractivity contribution is -0.149. The van der Waals surface area contributed by atoms with Gasteiger partial charge in [0.1, 0.15) is 0 Å². The summed E-state index contributed by atoms with van der Waals surface area (Å²) in [5.74, 6) is -2.66. The van der Waals surface area contributed by atoms with Crippen molar-refractivity contribution in [2.24, 2.45) is 0 Å². The SMILES string of the molecule is CCOC(=O)C1C(=O)N(C)S(=O)(=O)c2cc3c(cc21)CCCC3. The molecule has 23 heavy (non-hydrogen) atoms. The van der Waals surface area contributed by atoms with Crippen molar-refractivity contribution in [3.8, 4) is 0 Å². The molecule has 1 aliphatic heterocycles. The number of benzene rings is 1. The monoisotopic (exact) mass is 337 g/mol. The van der Waals surface area contributed by atoms with E-state index in [2.05, 4.69) is 0 Å². The number of hydrogen-bond acceptors (Lipinski definition) is 5. The maximum atomic E-state index is 12.6.